The molecule has 0 fully saturated rings. The molecule has 0 bridgehead atoms. The summed E-state index contributed by atoms with van der Waals surface area (Å²) in [5.74, 6) is 0. The molecule has 0 spiro atoms. The van der Waals surface area contributed by atoms with Crippen LogP contribution in [0.15, 0.2) is 76.4 Å². The van der Waals surface area contributed by atoms with Crippen LogP contribution in [-0.4, -0.2) is 55.0 Å². The first kappa shape index (κ1) is 25.2. The number of anilines is 1. The van der Waals surface area contributed by atoms with E-state index in [0.717, 1.165) is 11.1 Å². The van der Waals surface area contributed by atoms with Crippen LogP contribution in [0.25, 0.3) is 5.57 Å². The molecule has 1 aliphatic heterocycles. The Labute approximate surface area is 203 Å². The largest absolute Gasteiger partial charge is 0.378 e. The third-order valence-electron chi connectivity index (χ3n) is 6.35. The maximum Gasteiger partial charge on any atom is 0.261 e. The van der Waals surface area contributed by atoms with Gasteiger partial charge < -0.3 is 4.90 Å². The summed E-state index contributed by atoms with van der Waals surface area (Å²) in [6.07, 6.45) is 6.69. The van der Waals surface area contributed by atoms with E-state index < -0.39 is 17.1 Å². The Kier molecular flexibility index (Phi) is 6.68. The normalized spacial score (nSPS) is 16.5. The van der Waals surface area contributed by atoms with Gasteiger partial charge in [0.15, 0.2) is 5.71 Å². The molecule has 0 atom stereocenters. The first-order chi connectivity index (χ1) is 14.9. The maximum absolute atomic E-state index is 11.8. The molecule has 2 aromatic rings. The number of allylic oxidation sites excluding steroid dienone is 5. The van der Waals surface area contributed by atoms with E-state index in [0.29, 0.717) is 0 Å². The lowest BCUT2D eigenvalue weighted by Gasteiger charge is -2.38. The van der Waals surface area contributed by atoms with Crippen molar-refractivity contribution in [1.82, 2.24) is 0 Å². The average Bonchev–Trinajstić information content (AvgIpc) is 2.73. The molecule has 174 valence electrons. The molecule has 4 rings (SSSR count). The van der Waals surface area contributed by atoms with Crippen molar-refractivity contribution in [3.05, 3.63) is 82.6 Å². The molecule has 4 nitrogen and oxygen atoms in total. The van der Waals surface area contributed by atoms with Gasteiger partial charge in [0.1, 0.15) is 22.2 Å². The van der Waals surface area contributed by atoms with Gasteiger partial charge in [-0.1, -0.05) is 38.7 Å². The Bertz CT molecular complexity index is 1350. The fourth-order valence-corrected chi connectivity index (χ4v) is 8.32. The molecule has 0 aromatic heterocycles. The van der Waals surface area contributed by atoms with Crippen molar-refractivity contribution >= 4 is 50.0 Å². The van der Waals surface area contributed by atoms with E-state index in [2.05, 4.69) is 87.2 Å². The van der Waals surface area contributed by atoms with Crippen LogP contribution in [0.3, 0.4) is 0 Å². The predicted octanol–water partition coefficient (Wildman–Crippen LogP) is 4.80. The van der Waals surface area contributed by atoms with E-state index >= 15 is 0 Å². The van der Waals surface area contributed by atoms with Crippen molar-refractivity contribution in [2.75, 3.05) is 33.1 Å². The minimum atomic E-state index is -3.76. The standard InChI is InChI=1S/C25H28ClN2O2SSi.CH4/c1-27(2)18-9-13-21-23(15-18)32(5,6)24-16-19(28(3)4)10-14-22(24)25(21)17-7-11-20(12-8-17)31(26,29)30;/h7-16H,1-6H3;1H4/q+1;. The molecular formula is C26H32ClN2O2SSi+. The lowest BCUT2D eigenvalue weighted by Crippen LogP contribution is -2.49. The Hall–Kier alpha value is -2.41. The Morgan fingerprint density at radius 3 is 2.15 bits per heavy atom. The third kappa shape index (κ3) is 4.39. The zero-order valence-electron chi connectivity index (χ0n) is 19.3. The number of halogens is 1. The monoisotopic (exact) mass is 499 g/mol. The molecule has 0 saturated heterocycles. The summed E-state index contributed by atoms with van der Waals surface area (Å²) in [4.78, 5) is 2.25. The highest BCUT2D eigenvalue weighted by atomic mass is 35.7. The molecule has 1 aliphatic carbocycles. The summed E-state index contributed by atoms with van der Waals surface area (Å²) in [6.45, 7) is 4.81. The van der Waals surface area contributed by atoms with Gasteiger partial charge in [0.05, 0.1) is 4.90 Å². The summed E-state index contributed by atoms with van der Waals surface area (Å²) < 4.78 is 25.7. The quantitative estimate of drug-likeness (QED) is 0.346. The zero-order valence-corrected chi connectivity index (χ0v) is 21.8. The minimum absolute atomic E-state index is 0. The summed E-state index contributed by atoms with van der Waals surface area (Å²) in [5.41, 5.74) is 6.92. The predicted molar refractivity (Wildman–Crippen MR) is 144 cm³/mol. The van der Waals surface area contributed by atoms with Gasteiger partial charge in [-0.2, -0.15) is 0 Å². The van der Waals surface area contributed by atoms with E-state index in [1.54, 1.807) is 12.1 Å². The number of benzene rings is 2. The van der Waals surface area contributed by atoms with Crippen LogP contribution in [0.4, 0.5) is 5.69 Å². The van der Waals surface area contributed by atoms with Crippen molar-refractivity contribution in [2.45, 2.75) is 25.4 Å². The number of hydrogen-bond acceptors (Lipinski definition) is 3. The van der Waals surface area contributed by atoms with E-state index in [1.807, 2.05) is 12.1 Å². The molecule has 7 heteroatoms. The Morgan fingerprint density at radius 1 is 0.970 bits per heavy atom. The second-order valence-corrected chi connectivity index (χ2v) is 16.1. The van der Waals surface area contributed by atoms with Crippen LogP contribution < -0.4 is 10.1 Å². The molecule has 0 N–H and O–H groups in total. The molecule has 2 aliphatic rings. The highest BCUT2D eigenvalue weighted by molar-refractivity contribution is 8.13. The number of fused-ring (bicyclic) bond motifs is 2. The zero-order chi connectivity index (χ0) is 23.4. The Balaban J connectivity index is 0.00000306. The van der Waals surface area contributed by atoms with Crippen molar-refractivity contribution in [1.29, 1.82) is 0 Å². The van der Waals surface area contributed by atoms with Crippen LogP contribution in [0.1, 0.15) is 18.6 Å². The van der Waals surface area contributed by atoms with Crippen molar-refractivity contribution in [3.8, 4) is 0 Å². The van der Waals surface area contributed by atoms with E-state index in [4.69, 9.17) is 10.7 Å². The van der Waals surface area contributed by atoms with Crippen LogP contribution in [-0.2, 0) is 9.05 Å². The van der Waals surface area contributed by atoms with Crippen LogP contribution in [0.2, 0.25) is 13.1 Å². The van der Waals surface area contributed by atoms with Crippen LogP contribution in [0, 0.1) is 0 Å². The highest BCUT2D eigenvalue weighted by Crippen LogP contribution is 2.42. The SMILES string of the molecule is C.CN(C)c1ccc2c(c1)[Si](C)(C)C1=CC(=[N+](C)C)C=CC1=C2c1ccc(S(=O)(=O)Cl)cc1. The lowest BCUT2D eigenvalue weighted by atomic mass is 9.89. The topological polar surface area (TPSA) is 40.4 Å². The van der Waals surface area contributed by atoms with Crippen LogP contribution in [0.5, 0.6) is 0 Å². The van der Waals surface area contributed by atoms with Gasteiger partial charge in [0, 0.05) is 42.6 Å². The molecule has 2 aromatic carbocycles. The minimum Gasteiger partial charge on any atom is -0.378 e. The molecular weight excluding hydrogens is 468 g/mol. The molecule has 33 heavy (non-hydrogen) atoms. The first-order valence-electron chi connectivity index (χ1n) is 10.5. The lowest BCUT2D eigenvalue weighted by molar-refractivity contribution is -0.462. The van der Waals surface area contributed by atoms with Crippen molar-refractivity contribution < 1.29 is 13.0 Å². The smallest absolute Gasteiger partial charge is 0.261 e. The van der Waals surface area contributed by atoms with E-state index in [1.165, 1.54) is 32.9 Å². The van der Waals surface area contributed by atoms with Gasteiger partial charge in [-0.05, 0) is 63.0 Å². The second kappa shape index (κ2) is 8.74. The van der Waals surface area contributed by atoms with Gasteiger partial charge in [-0.15, -0.1) is 0 Å². The highest BCUT2D eigenvalue weighted by Gasteiger charge is 2.40. The maximum atomic E-state index is 11.8. The van der Waals surface area contributed by atoms with Crippen molar-refractivity contribution in [2.24, 2.45) is 0 Å². The number of rotatable bonds is 3. The van der Waals surface area contributed by atoms with E-state index in [9.17, 15) is 8.42 Å². The second-order valence-electron chi connectivity index (χ2n) is 9.21. The number of hydrogen-bond donors (Lipinski definition) is 0. The fraction of sp³-hybridized carbons (Fsp3) is 0.269. The van der Waals surface area contributed by atoms with Crippen LogP contribution >= 0.6 is 10.7 Å². The first-order valence-corrected chi connectivity index (χ1v) is 15.8. The summed E-state index contributed by atoms with van der Waals surface area (Å²) in [5, 5.41) is 2.77. The van der Waals surface area contributed by atoms with Crippen molar-refractivity contribution in [3.63, 3.8) is 0 Å². The summed E-state index contributed by atoms with van der Waals surface area (Å²) in [6, 6.07) is 13.6. The number of nitrogens with zero attached hydrogens (tertiary/aromatic N) is 2. The molecule has 0 unspecified atom stereocenters. The van der Waals surface area contributed by atoms with Gasteiger partial charge in [-0.3, -0.25) is 0 Å². The molecule has 0 radical (unpaired) electrons. The van der Waals surface area contributed by atoms with Gasteiger partial charge >= 0.3 is 0 Å². The fourth-order valence-electron chi connectivity index (χ4n) is 4.48. The summed E-state index contributed by atoms with van der Waals surface area (Å²) >= 11 is 0. The average molecular weight is 500 g/mol. The molecule has 0 saturated carbocycles. The molecule has 0 amide bonds. The summed E-state index contributed by atoms with van der Waals surface area (Å²) in [7, 11) is 8.05. The van der Waals surface area contributed by atoms with Gasteiger partial charge in [-0.25, -0.2) is 13.0 Å². The van der Waals surface area contributed by atoms with E-state index in [-0.39, 0.29) is 12.3 Å². The third-order valence-corrected chi connectivity index (χ3v) is 11.2. The Morgan fingerprint density at radius 2 is 1.61 bits per heavy atom. The van der Waals surface area contributed by atoms with Gasteiger partial charge in [0.25, 0.3) is 9.05 Å². The van der Waals surface area contributed by atoms with Gasteiger partial charge in [0.2, 0.25) is 0 Å². The molecule has 1 heterocycles.